The zero-order valence-corrected chi connectivity index (χ0v) is 19.8. The van der Waals surface area contributed by atoms with Gasteiger partial charge in [-0.2, -0.15) is 0 Å². The number of hydrogen-bond donors (Lipinski definition) is 3. The zero-order chi connectivity index (χ0) is 25.8. The lowest BCUT2D eigenvalue weighted by Crippen LogP contribution is -2.18. The summed E-state index contributed by atoms with van der Waals surface area (Å²) in [7, 11) is 0. The molecule has 8 nitrogen and oxygen atoms in total. The molecule has 5 aromatic rings. The number of carbonyl (C=O) groups is 2. The number of fused-ring (bicyclic) bond motifs is 1. The summed E-state index contributed by atoms with van der Waals surface area (Å²) in [5.41, 5.74) is 5.96. The number of amides is 1. The van der Waals surface area contributed by atoms with Crippen LogP contribution in [0.5, 0.6) is 0 Å². The number of nitrogens with one attached hydrogen (secondary N) is 2. The standard InChI is InChI=1S/C29H22N4O4/c1-18-2-9-22(10-3-18)32-28-24-16-21(8-13-25(24)30-17-31-28)27-15-12-23(37-27)11-14-26(34)19-4-6-20(7-5-19)29(35)33-36/h2-17,36H,1H3,(H,33,35)(H,30,31,32)/b14-11-. The third kappa shape index (κ3) is 5.29. The highest BCUT2D eigenvalue weighted by Crippen LogP contribution is 2.30. The van der Waals surface area contributed by atoms with Crippen LogP contribution in [0.25, 0.3) is 28.3 Å². The predicted molar refractivity (Wildman–Crippen MR) is 141 cm³/mol. The molecular formula is C29H22N4O4. The number of nitrogens with zero attached hydrogens (tertiary/aromatic N) is 2. The highest BCUT2D eigenvalue weighted by Gasteiger charge is 2.10. The number of rotatable bonds is 7. The van der Waals surface area contributed by atoms with Crippen molar-refractivity contribution in [3.8, 4) is 11.3 Å². The van der Waals surface area contributed by atoms with Gasteiger partial charge in [-0.25, -0.2) is 15.4 Å². The average Bonchev–Trinajstić information content (AvgIpc) is 3.42. The van der Waals surface area contributed by atoms with Crippen LogP contribution in [0.15, 0.2) is 95.7 Å². The lowest BCUT2D eigenvalue weighted by molar-refractivity contribution is 0.0706. The number of aromatic nitrogens is 2. The number of allylic oxidation sites excluding steroid dienone is 1. The second-order valence-corrected chi connectivity index (χ2v) is 8.36. The highest BCUT2D eigenvalue weighted by atomic mass is 16.5. The smallest absolute Gasteiger partial charge is 0.274 e. The van der Waals surface area contributed by atoms with Gasteiger partial charge in [0.25, 0.3) is 5.91 Å². The van der Waals surface area contributed by atoms with E-state index in [2.05, 4.69) is 15.3 Å². The van der Waals surface area contributed by atoms with Crippen molar-refractivity contribution in [2.24, 2.45) is 0 Å². The SMILES string of the molecule is Cc1ccc(Nc2ncnc3ccc(-c4ccc(/C=C\C(=O)c5ccc(C(=O)NO)cc5)o4)cc23)cc1. The van der Waals surface area contributed by atoms with E-state index in [9.17, 15) is 9.59 Å². The molecule has 37 heavy (non-hydrogen) atoms. The van der Waals surface area contributed by atoms with Crippen LogP contribution in [0.4, 0.5) is 11.5 Å². The second-order valence-electron chi connectivity index (χ2n) is 8.36. The lowest BCUT2D eigenvalue weighted by Gasteiger charge is -2.09. The molecule has 2 aromatic heterocycles. The van der Waals surface area contributed by atoms with E-state index in [4.69, 9.17) is 9.62 Å². The summed E-state index contributed by atoms with van der Waals surface area (Å²) < 4.78 is 5.96. The molecule has 0 bridgehead atoms. The zero-order valence-electron chi connectivity index (χ0n) is 19.8. The molecule has 0 aliphatic heterocycles. The van der Waals surface area contributed by atoms with E-state index in [1.54, 1.807) is 17.6 Å². The molecule has 182 valence electrons. The van der Waals surface area contributed by atoms with Crippen molar-refractivity contribution >= 4 is 40.2 Å². The van der Waals surface area contributed by atoms with Gasteiger partial charge in [-0.3, -0.25) is 14.8 Å². The Morgan fingerprint density at radius 3 is 2.41 bits per heavy atom. The molecule has 0 aliphatic carbocycles. The number of aryl methyl sites for hydroxylation is 1. The topological polar surface area (TPSA) is 117 Å². The van der Waals surface area contributed by atoms with Gasteiger partial charge in [0.15, 0.2) is 5.78 Å². The molecule has 0 radical (unpaired) electrons. The normalized spacial score (nSPS) is 11.1. The number of ketones is 1. The molecule has 0 unspecified atom stereocenters. The van der Waals surface area contributed by atoms with E-state index in [-0.39, 0.29) is 11.3 Å². The van der Waals surface area contributed by atoms with Crippen molar-refractivity contribution in [3.63, 3.8) is 0 Å². The summed E-state index contributed by atoms with van der Waals surface area (Å²) in [6.07, 6.45) is 4.52. The Kier molecular flexibility index (Phi) is 6.56. The highest BCUT2D eigenvalue weighted by molar-refractivity contribution is 6.07. The Hall–Kier alpha value is -5.08. The molecule has 0 aliphatic rings. The van der Waals surface area contributed by atoms with Crippen LogP contribution in [0, 0.1) is 6.92 Å². The van der Waals surface area contributed by atoms with Crippen LogP contribution in [-0.4, -0.2) is 26.9 Å². The van der Waals surface area contributed by atoms with Gasteiger partial charge in [-0.1, -0.05) is 29.8 Å². The first-order chi connectivity index (χ1) is 18.0. The van der Waals surface area contributed by atoms with Gasteiger partial charge in [0.2, 0.25) is 0 Å². The van der Waals surface area contributed by atoms with Gasteiger partial charge in [0.1, 0.15) is 23.7 Å². The molecule has 1 amide bonds. The van der Waals surface area contributed by atoms with E-state index in [0.29, 0.717) is 22.9 Å². The Bertz CT molecular complexity index is 1620. The average molecular weight is 491 g/mol. The molecule has 0 spiro atoms. The molecule has 2 heterocycles. The number of anilines is 2. The minimum atomic E-state index is -0.643. The fourth-order valence-corrected chi connectivity index (χ4v) is 3.79. The molecule has 0 saturated heterocycles. The molecular weight excluding hydrogens is 468 g/mol. The largest absolute Gasteiger partial charge is 0.457 e. The van der Waals surface area contributed by atoms with Crippen molar-refractivity contribution in [1.82, 2.24) is 15.4 Å². The lowest BCUT2D eigenvalue weighted by atomic mass is 10.1. The van der Waals surface area contributed by atoms with Gasteiger partial charge in [-0.15, -0.1) is 0 Å². The summed E-state index contributed by atoms with van der Waals surface area (Å²) in [5, 5.41) is 12.9. The van der Waals surface area contributed by atoms with Crippen molar-refractivity contribution in [3.05, 3.63) is 114 Å². The second kappa shape index (κ2) is 10.3. The molecule has 0 saturated carbocycles. The summed E-state index contributed by atoms with van der Waals surface area (Å²) in [6.45, 7) is 2.04. The Morgan fingerprint density at radius 2 is 1.65 bits per heavy atom. The number of furan rings is 1. The monoisotopic (exact) mass is 490 g/mol. The van der Waals surface area contributed by atoms with Crippen LogP contribution < -0.4 is 10.8 Å². The van der Waals surface area contributed by atoms with Crippen molar-refractivity contribution in [1.29, 1.82) is 0 Å². The predicted octanol–water partition coefficient (Wildman–Crippen LogP) is 5.96. The van der Waals surface area contributed by atoms with Crippen molar-refractivity contribution in [2.45, 2.75) is 6.92 Å². The van der Waals surface area contributed by atoms with Crippen LogP contribution in [-0.2, 0) is 0 Å². The van der Waals surface area contributed by atoms with Gasteiger partial charge >= 0.3 is 0 Å². The van der Waals surface area contributed by atoms with Crippen LogP contribution in [0.1, 0.15) is 32.0 Å². The van der Waals surface area contributed by atoms with Gasteiger partial charge in [-0.05, 0) is 73.7 Å². The Morgan fingerprint density at radius 1 is 0.892 bits per heavy atom. The van der Waals surface area contributed by atoms with Gasteiger partial charge < -0.3 is 9.73 Å². The first-order valence-electron chi connectivity index (χ1n) is 11.5. The number of hydrogen-bond acceptors (Lipinski definition) is 7. The van der Waals surface area contributed by atoms with E-state index >= 15 is 0 Å². The fraction of sp³-hybridized carbons (Fsp3) is 0.0345. The van der Waals surface area contributed by atoms with Crippen molar-refractivity contribution < 1.29 is 19.2 Å². The number of hydroxylamine groups is 1. The maximum absolute atomic E-state index is 12.5. The summed E-state index contributed by atoms with van der Waals surface area (Å²) in [6, 6.07) is 23.4. The first-order valence-corrected chi connectivity index (χ1v) is 11.5. The number of carbonyl (C=O) groups excluding carboxylic acids is 2. The first kappa shape index (κ1) is 23.7. The molecule has 0 fully saturated rings. The van der Waals surface area contributed by atoms with Crippen molar-refractivity contribution in [2.75, 3.05) is 5.32 Å². The molecule has 8 heteroatoms. The summed E-state index contributed by atoms with van der Waals surface area (Å²) in [5.74, 6) is 0.954. The Balaban J connectivity index is 1.35. The summed E-state index contributed by atoms with van der Waals surface area (Å²) >= 11 is 0. The third-order valence-corrected chi connectivity index (χ3v) is 5.79. The molecule has 0 atom stereocenters. The summed E-state index contributed by atoms with van der Waals surface area (Å²) in [4.78, 5) is 32.7. The molecule has 3 N–H and O–H groups in total. The Labute approximate surface area is 212 Å². The van der Waals surface area contributed by atoms with Crippen LogP contribution in [0.2, 0.25) is 0 Å². The van der Waals surface area contributed by atoms with E-state index in [1.165, 1.54) is 42.2 Å². The fourth-order valence-electron chi connectivity index (χ4n) is 3.79. The van der Waals surface area contributed by atoms with E-state index in [0.717, 1.165) is 22.2 Å². The van der Waals surface area contributed by atoms with E-state index in [1.807, 2.05) is 55.5 Å². The van der Waals surface area contributed by atoms with Crippen LogP contribution >= 0.6 is 0 Å². The van der Waals surface area contributed by atoms with Crippen LogP contribution in [0.3, 0.4) is 0 Å². The third-order valence-electron chi connectivity index (χ3n) is 5.79. The van der Waals surface area contributed by atoms with Gasteiger partial charge in [0, 0.05) is 27.8 Å². The van der Waals surface area contributed by atoms with E-state index < -0.39 is 5.91 Å². The van der Waals surface area contributed by atoms with Gasteiger partial charge in [0.05, 0.1) is 5.52 Å². The molecule has 5 rings (SSSR count). The maximum Gasteiger partial charge on any atom is 0.274 e. The minimum Gasteiger partial charge on any atom is -0.457 e. The quantitative estimate of drug-likeness (QED) is 0.112. The molecule has 3 aromatic carbocycles. The maximum atomic E-state index is 12.5. The number of benzene rings is 3. The minimum absolute atomic E-state index is 0.247.